The van der Waals surface area contributed by atoms with Crippen LogP contribution in [-0.2, 0) is 19.0 Å². The number of ether oxygens (including phenoxy) is 3. The minimum absolute atomic E-state index is 0.0718. The van der Waals surface area contributed by atoms with Gasteiger partial charge in [0.2, 0.25) is 0 Å². The molecule has 1 rings (SSSR count). The summed E-state index contributed by atoms with van der Waals surface area (Å²) in [6, 6.07) is -1.27. The molecule has 4 N–H and O–H groups in total. The molecule has 1 unspecified atom stereocenters. The Kier molecular flexibility index (Phi) is 8.85. The lowest BCUT2D eigenvalue weighted by molar-refractivity contribution is -0.237. The minimum atomic E-state index is -2.02. The second-order valence-electron chi connectivity index (χ2n) is 8.70. The number of hydrogen-bond acceptors (Lipinski definition) is 9. The fraction of sp³-hybridized carbons (Fsp3) is 0.789. The molecule has 1 aliphatic rings. The van der Waals surface area contributed by atoms with Crippen molar-refractivity contribution in [1.82, 2.24) is 5.32 Å². The topological polar surface area (TPSA) is 183 Å². The van der Waals surface area contributed by atoms with Crippen molar-refractivity contribution in [3.63, 3.8) is 0 Å². The SMILES string of the molecule is C=CC[C@]1(C(=O)OC)C[C@H](O)[C@@H](NC(=O)OC(C)(C)C)[C@H]([C@H](O)C(C)(O)CN=[N+]=[N-])O1. The van der Waals surface area contributed by atoms with E-state index in [-0.39, 0.29) is 12.8 Å². The van der Waals surface area contributed by atoms with Crippen molar-refractivity contribution in [2.45, 2.75) is 81.7 Å². The van der Waals surface area contributed by atoms with Crippen LogP contribution in [0.4, 0.5) is 4.79 Å². The average molecular weight is 444 g/mol. The number of carbonyl (C=O) groups excluding carboxylic acids is 2. The normalized spacial score (nSPS) is 29.0. The second kappa shape index (κ2) is 10.3. The molecule has 0 bridgehead atoms. The summed E-state index contributed by atoms with van der Waals surface area (Å²) in [4.78, 5) is 27.4. The van der Waals surface area contributed by atoms with Crippen LogP contribution in [-0.4, -0.2) is 82.2 Å². The van der Waals surface area contributed by atoms with Crippen molar-refractivity contribution < 1.29 is 39.1 Å². The molecule has 0 aliphatic carbocycles. The lowest BCUT2D eigenvalue weighted by atomic mass is 9.80. The van der Waals surface area contributed by atoms with Crippen LogP contribution in [0.1, 0.15) is 40.5 Å². The van der Waals surface area contributed by atoms with Crippen molar-refractivity contribution in [2.75, 3.05) is 13.7 Å². The fourth-order valence-corrected chi connectivity index (χ4v) is 3.34. The Morgan fingerprint density at radius 2 is 2.06 bits per heavy atom. The summed E-state index contributed by atoms with van der Waals surface area (Å²) in [5, 5.41) is 38.0. The van der Waals surface area contributed by atoms with Crippen LogP contribution in [0.25, 0.3) is 10.4 Å². The Bertz CT molecular complexity index is 716. The zero-order chi connectivity index (χ0) is 24.0. The van der Waals surface area contributed by atoms with E-state index in [1.54, 1.807) is 20.8 Å². The molecule has 0 aromatic heterocycles. The Balaban J connectivity index is 3.37. The number of esters is 1. The van der Waals surface area contributed by atoms with Gasteiger partial charge >= 0.3 is 12.1 Å². The van der Waals surface area contributed by atoms with Gasteiger partial charge in [-0.2, -0.15) is 0 Å². The third-order valence-electron chi connectivity index (χ3n) is 4.79. The summed E-state index contributed by atoms with van der Waals surface area (Å²) in [5.74, 6) is -0.825. The van der Waals surface area contributed by atoms with Gasteiger partial charge in [0.25, 0.3) is 0 Å². The quantitative estimate of drug-likeness (QED) is 0.140. The van der Waals surface area contributed by atoms with Crippen LogP contribution in [0, 0.1) is 0 Å². The molecule has 0 radical (unpaired) electrons. The first-order valence-electron chi connectivity index (χ1n) is 9.69. The maximum atomic E-state index is 12.5. The number of nitrogens with one attached hydrogen (secondary N) is 1. The standard InChI is InChI=1S/C19H32N4O8/c1-7-8-19(15(26)29-6)9-11(24)12(22-16(27)31-17(2,3)4)13(30-19)14(25)18(5,28)10-21-23-20/h7,11-14,24-25,28H,1,8-10H2,2-6H3,(H,22,27)/t11-,12+,13+,14-,18?,19+/m0/s1. The predicted molar refractivity (Wildman–Crippen MR) is 109 cm³/mol. The molecule has 1 amide bonds. The molecule has 6 atom stereocenters. The first-order chi connectivity index (χ1) is 14.2. The molecule has 12 nitrogen and oxygen atoms in total. The first kappa shape index (κ1) is 26.7. The number of nitrogens with zero attached hydrogens (tertiary/aromatic N) is 3. The summed E-state index contributed by atoms with van der Waals surface area (Å²) in [6.07, 6.45) is -4.56. The summed E-state index contributed by atoms with van der Waals surface area (Å²) in [5.41, 5.74) is 3.97. The van der Waals surface area contributed by atoms with E-state index in [0.717, 1.165) is 7.11 Å². The van der Waals surface area contributed by atoms with Gasteiger partial charge in [-0.15, -0.1) is 6.58 Å². The Hall–Kier alpha value is -2.37. The summed E-state index contributed by atoms with van der Waals surface area (Å²) in [7, 11) is 1.14. The molecule has 1 aliphatic heterocycles. The summed E-state index contributed by atoms with van der Waals surface area (Å²) < 4.78 is 15.9. The van der Waals surface area contributed by atoms with E-state index in [0.29, 0.717) is 0 Å². The number of aliphatic hydroxyl groups excluding tert-OH is 2. The van der Waals surface area contributed by atoms with Gasteiger partial charge in [0.15, 0.2) is 5.60 Å². The van der Waals surface area contributed by atoms with E-state index in [4.69, 9.17) is 19.7 Å². The van der Waals surface area contributed by atoms with E-state index in [9.17, 15) is 24.9 Å². The van der Waals surface area contributed by atoms with Gasteiger partial charge in [-0.25, -0.2) is 9.59 Å². The highest BCUT2D eigenvalue weighted by Crippen LogP contribution is 2.37. The Morgan fingerprint density at radius 3 is 2.55 bits per heavy atom. The Morgan fingerprint density at radius 1 is 1.45 bits per heavy atom. The number of rotatable bonds is 8. The lowest BCUT2D eigenvalue weighted by Crippen LogP contribution is -2.69. The minimum Gasteiger partial charge on any atom is -0.467 e. The number of alkyl carbamates (subject to hydrolysis) is 1. The van der Waals surface area contributed by atoms with Gasteiger partial charge in [-0.1, -0.05) is 11.2 Å². The number of hydrogen-bond donors (Lipinski definition) is 4. The van der Waals surface area contributed by atoms with Gasteiger partial charge in [0, 0.05) is 17.8 Å². The first-order valence-corrected chi connectivity index (χ1v) is 9.69. The molecule has 0 saturated carbocycles. The predicted octanol–water partition coefficient (Wildman–Crippen LogP) is 0.940. The Labute approximate surface area is 180 Å². The molecule has 1 heterocycles. The molecule has 12 heteroatoms. The smallest absolute Gasteiger partial charge is 0.408 e. The van der Waals surface area contributed by atoms with Crippen molar-refractivity contribution in [1.29, 1.82) is 0 Å². The molecule has 0 spiro atoms. The molecular formula is C19H32N4O8. The molecule has 1 saturated heterocycles. The fourth-order valence-electron chi connectivity index (χ4n) is 3.34. The third-order valence-corrected chi connectivity index (χ3v) is 4.79. The summed E-state index contributed by atoms with van der Waals surface area (Å²) >= 11 is 0. The molecule has 0 aromatic carbocycles. The second-order valence-corrected chi connectivity index (χ2v) is 8.70. The van der Waals surface area contributed by atoms with Gasteiger partial charge in [0.05, 0.1) is 31.4 Å². The van der Waals surface area contributed by atoms with Crippen molar-refractivity contribution in [3.05, 3.63) is 23.1 Å². The van der Waals surface area contributed by atoms with Gasteiger partial charge in [-0.05, 0) is 33.2 Å². The maximum absolute atomic E-state index is 12.5. The van der Waals surface area contributed by atoms with Crippen molar-refractivity contribution >= 4 is 12.1 Å². The van der Waals surface area contributed by atoms with Crippen LogP contribution in [0.5, 0.6) is 0 Å². The van der Waals surface area contributed by atoms with E-state index in [1.807, 2.05) is 0 Å². The number of aliphatic hydroxyl groups is 3. The molecule has 1 fully saturated rings. The van der Waals surface area contributed by atoms with E-state index in [2.05, 4.69) is 21.9 Å². The number of carbonyl (C=O) groups is 2. The number of methoxy groups -OCH3 is 1. The van der Waals surface area contributed by atoms with E-state index >= 15 is 0 Å². The van der Waals surface area contributed by atoms with Crippen molar-refractivity contribution in [3.8, 4) is 0 Å². The number of amides is 1. The van der Waals surface area contributed by atoms with Gasteiger partial charge < -0.3 is 34.8 Å². The maximum Gasteiger partial charge on any atom is 0.408 e. The molecule has 31 heavy (non-hydrogen) atoms. The monoisotopic (exact) mass is 444 g/mol. The highest BCUT2D eigenvalue weighted by molar-refractivity contribution is 5.80. The zero-order valence-electron chi connectivity index (χ0n) is 18.4. The van der Waals surface area contributed by atoms with Crippen LogP contribution in [0.3, 0.4) is 0 Å². The molecular weight excluding hydrogens is 412 g/mol. The molecule has 0 aromatic rings. The highest BCUT2D eigenvalue weighted by Gasteiger charge is 2.56. The van der Waals surface area contributed by atoms with Crippen LogP contribution in [0.15, 0.2) is 17.8 Å². The van der Waals surface area contributed by atoms with Crippen molar-refractivity contribution in [2.24, 2.45) is 5.11 Å². The van der Waals surface area contributed by atoms with Gasteiger partial charge in [0.1, 0.15) is 17.8 Å². The van der Waals surface area contributed by atoms with E-state index < -0.39 is 59.8 Å². The zero-order valence-corrected chi connectivity index (χ0v) is 18.4. The van der Waals surface area contributed by atoms with Crippen LogP contribution < -0.4 is 5.32 Å². The largest absolute Gasteiger partial charge is 0.467 e. The lowest BCUT2D eigenvalue weighted by Gasteiger charge is -2.48. The van der Waals surface area contributed by atoms with E-state index in [1.165, 1.54) is 13.0 Å². The molecule has 176 valence electrons. The summed E-state index contributed by atoms with van der Waals surface area (Å²) in [6.45, 7) is 9.16. The number of azide groups is 1. The third kappa shape index (κ3) is 6.81. The van der Waals surface area contributed by atoms with Crippen LogP contribution in [0.2, 0.25) is 0 Å². The highest BCUT2D eigenvalue weighted by atomic mass is 16.6. The van der Waals surface area contributed by atoms with Crippen LogP contribution >= 0.6 is 0 Å². The average Bonchev–Trinajstić information content (AvgIpc) is 2.65. The van der Waals surface area contributed by atoms with Gasteiger partial charge in [-0.3, -0.25) is 0 Å².